The van der Waals surface area contributed by atoms with Crippen molar-refractivity contribution in [1.82, 2.24) is 10.3 Å². The minimum absolute atomic E-state index is 0.0189. The molecule has 1 aliphatic heterocycles. The van der Waals surface area contributed by atoms with E-state index < -0.39 is 11.6 Å². The number of carbonyl (C=O) groups is 1. The number of anilines is 1. The van der Waals surface area contributed by atoms with Gasteiger partial charge in [-0.1, -0.05) is 6.07 Å². The summed E-state index contributed by atoms with van der Waals surface area (Å²) >= 11 is 0. The molecule has 0 atom stereocenters. The van der Waals surface area contributed by atoms with E-state index in [1.54, 1.807) is 7.05 Å². The van der Waals surface area contributed by atoms with Crippen LogP contribution in [-0.2, 0) is 13.0 Å². The maximum atomic E-state index is 14.1. The van der Waals surface area contributed by atoms with E-state index in [0.29, 0.717) is 17.8 Å². The molecule has 0 saturated carbocycles. The van der Waals surface area contributed by atoms with Crippen molar-refractivity contribution in [2.24, 2.45) is 0 Å². The van der Waals surface area contributed by atoms with Crippen LogP contribution >= 0.6 is 0 Å². The second-order valence-corrected chi connectivity index (χ2v) is 7.04. The van der Waals surface area contributed by atoms with Gasteiger partial charge in [-0.15, -0.1) is 0 Å². The largest absolute Gasteiger partial charge is 0.367 e. The van der Waals surface area contributed by atoms with Gasteiger partial charge in [0.05, 0.1) is 11.3 Å². The summed E-state index contributed by atoms with van der Waals surface area (Å²) in [5.74, 6) is -1.26. The molecule has 6 heteroatoms. The van der Waals surface area contributed by atoms with Crippen LogP contribution in [0.25, 0.3) is 11.3 Å². The summed E-state index contributed by atoms with van der Waals surface area (Å²) in [6.45, 7) is 3.41. The Morgan fingerprint density at radius 2 is 1.89 bits per heavy atom. The molecule has 0 saturated heterocycles. The van der Waals surface area contributed by atoms with Crippen LogP contribution in [0.1, 0.15) is 27.2 Å². The molecular weight excluding hydrogens is 360 g/mol. The monoisotopic (exact) mass is 381 g/mol. The minimum Gasteiger partial charge on any atom is -0.367 e. The first-order valence-corrected chi connectivity index (χ1v) is 9.20. The van der Waals surface area contributed by atoms with Crippen LogP contribution in [0.2, 0.25) is 0 Å². The zero-order valence-corrected chi connectivity index (χ0v) is 15.8. The van der Waals surface area contributed by atoms with E-state index in [1.165, 1.54) is 18.2 Å². The first-order valence-electron chi connectivity index (χ1n) is 9.20. The van der Waals surface area contributed by atoms with E-state index in [1.807, 2.05) is 31.2 Å². The molecular formula is C22H21F2N3O. The Hall–Kier alpha value is -3.15. The van der Waals surface area contributed by atoms with Gasteiger partial charge < -0.3 is 15.2 Å². The molecule has 0 aliphatic carbocycles. The smallest absolute Gasteiger partial charge is 0.251 e. The number of halogens is 2. The maximum Gasteiger partial charge on any atom is 0.251 e. The van der Waals surface area contributed by atoms with Gasteiger partial charge in [-0.25, -0.2) is 8.78 Å². The van der Waals surface area contributed by atoms with Crippen LogP contribution in [0, 0.1) is 18.6 Å². The summed E-state index contributed by atoms with van der Waals surface area (Å²) in [5.41, 5.74) is 5.18. The lowest BCUT2D eigenvalue weighted by atomic mass is 10.0. The summed E-state index contributed by atoms with van der Waals surface area (Å²) in [6, 6.07) is 11.4. The molecule has 144 valence electrons. The summed E-state index contributed by atoms with van der Waals surface area (Å²) in [7, 11) is 1.61. The Balaban J connectivity index is 1.63. The fourth-order valence-corrected chi connectivity index (χ4v) is 3.83. The van der Waals surface area contributed by atoms with Crippen LogP contribution in [0.5, 0.6) is 0 Å². The van der Waals surface area contributed by atoms with Crippen LogP contribution in [0.4, 0.5) is 14.5 Å². The SMILES string of the molecule is CNC(=O)c1ccc(N2CCc3[nH]c(-c4c(F)cccc4F)cc3C2)c(C)c1. The third-order valence-electron chi connectivity index (χ3n) is 5.24. The number of amides is 1. The molecule has 3 aromatic rings. The Bertz CT molecular complexity index is 1040. The lowest BCUT2D eigenvalue weighted by molar-refractivity contribution is 0.0963. The number of benzene rings is 2. The molecule has 1 aromatic heterocycles. The molecule has 0 unspecified atom stereocenters. The van der Waals surface area contributed by atoms with E-state index in [4.69, 9.17) is 0 Å². The summed E-state index contributed by atoms with van der Waals surface area (Å²) < 4.78 is 28.2. The average molecular weight is 381 g/mol. The number of aryl methyl sites for hydroxylation is 1. The van der Waals surface area contributed by atoms with Crippen molar-refractivity contribution in [3.8, 4) is 11.3 Å². The minimum atomic E-state index is -0.573. The quantitative estimate of drug-likeness (QED) is 0.715. The summed E-state index contributed by atoms with van der Waals surface area (Å²) in [4.78, 5) is 17.2. The summed E-state index contributed by atoms with van der Waals surface area (Å²) in [6.07, 6.45) is 0.752. The number of rotatable bonds is 3. The molecule has 0 spiro atoms. The van der Waals surface area contributed by atoms with Crippen LogP contribution in [-0.4, -0.2) is 24.5 Å². The Morgan fingerprint density at radius 1 is 1.14 bits per heavy atom. The van der Waals surface area contributed by atoms with Crippen molar-refractivity contribution >= 4 is 11.6 Å². The van der Waals surface area contributed by atoms with Crippen molar-refractivity contribution in [2.75, 3.05) is 18.5 Å². The molecule has 2 heterocycles. The fraction of sp³-hybridized carbons (Fsp3) is 0.227. The Kier molecular flexibility index (Phi) is 4.63. The molecule has 2 N–H and O–H groups in total. The topological polar surface area (TPSA) is 48.1 Å². The maximum absolute atomic E-state index is 14.1. The van der Waals surface area contributed by atoms with E-state index in [-0.39, 0.29) is 11.5 Å². The molecule has 0 fully saturated rings. The highest BCUT2D eigenvalue weighted by Gasteiger charge is 2.23. The highest BCUT2D eigenvalue weighted by molar-refractivity contribution is 5.94. The number of hydrogen-bond donors (Lipinski definition) is 2. The highest BCUT2D eigenvalue weighted by atomic mass is 19.1. The van der Waals surface area contributed by atoms with Crippen molar-refractivity contribution in [3.63, 3.8) is 0 Å². The van der Waals surface area contributed by atoms with E-state index in [2.05, 4.69) is 15.2 Å². The van der Waals surface area contributed by atoms with Crippen molar-refractivity contribution in [3.05, 3.63) is 76.5 Å². The number of aromatic nitrogens is 1. The van der Waals surface area contributed by atoms with Gasteiger partial charge in [0.25, 0.3) is 5.91 Å². The second-order valence-electron chi connectivity index (χ2n) is 7.04. The third-order valence-corrected chi connectivity index (χ3v) is 5.24. The van der Waals surface area contributed by atoms with E-state index >= 15 is 0 Å². The summed E-state index contributed by atoms with van der Waals surface area (Å²) in [5, 5.41) is 2.63. The van der Waals surface area contributed by atoms with Gasteiger partial charge in [0.2, 0.25) is 0 Å². The van der Waals surface area contributed by atoms with Gasteiger partial charge in [0.15, 0.2) is 0 Å². The number of fused-ring (bicyclic) bond motifs is 1. The molecule has 0 radical (unpaired) electrons. The highest BCUT2D eigenvalue weighted by Crippen LogP contribution is 2.32. The Morgan fingerprint density at radius 3 is 2.57 bits per heavy atom. The van der Waals surface area contributed by atoms with Gasteiger partial charge in [-0.05, 0) is 54.4 Å². The van der Waals surface area contributed by atoms with Crippen molar-refractivity contribution in [1.29, 1.82) is 0 Å². The van der Waals surface area contributed by atoms with Crippen LogP contribution in [0.15, 0.2) is 42.5 Å². The van der Waals surface area contributed by atoms with Gasteiger partial charge in [0.1, 0.15) is 11.6 Å². The Labute approximate surface area is 162 Å². The average Bonchev–Trinajstić information content (AvgIpc) is 3.09. The molecule has 28 heavy (non-hydrogen) atoms. The third kappa shape index (κ3) is 3.15. The number of H-pyrrole nitrogens is 1. The molecule has 1 aliphatic rings. The predicted octanol–water partition coefficient (Wildman–Crippen LogP) is 4.19. The molecule has 1 amide bonds. The second kappa shape index (κ2) is 7.11. The lowest BCUT2D eigenvalue weighted by Crippen LogP contribution is -2.30. The fourth-order valence-electron chi connectivity index (χ4n) is 3.83. The van der Waals surface area contributed by atoms with Crippen LogP contribution in [0.3, 0.4) is 0 Å². The molecule has 4 rings (SSSR count). The van der Waals surface area contributed by atoms with E-state index in [0.717, 1.165) is 35.5 Å². The first kappa shape index (κ1) is 18.2. The normalized spacial score (nSPS) is 13.4. The molecule has 4 nitrogen and oxygen atoms in total. The number of nitrogens with zero attached hydrogens (tertiary/aromatic N) is 1. The van der Waals surface area contributed by atoms with Gasteiger partial charge in [-0.3, -0.25) is 4.79 Å². The number of carbonyl (C=O) groups excluding carboxylic acids is 1. The van der Waals surface area contributed by atoms with Crippen molar-refractivity contribution < 1.29 is 13.6 Å². The van der Waals surface area contributed by atoms with Crippen LogP contribution < -0.4 is 10.2 Å². The first-order chi connectivity index (χ1) is 13.5. The van der Waals surface area contributed by atoms with Gasteiger partial charge >= 0.3 is 0 Å². The lowest BCUT2D eigenvalue weighted by Gasteiger charge is -2.30. The van der Waals surface area contributed by atoms with Crippen molar-refractivity contribution in [2.45, 2.75) is 19.9 Å². The number of hydrogen-bond acceptors (Lipinski definition) is 2. The van der Waals surface area contributed by atoms with Gasteiger partial charge in [-0.2, -0.15) is 0 Å². The zero-order chi connectivity index (χ0) is 19.8. The predicted molar refractivity (Wildman–Crippen MR) is 105 cm³/mol. The number of nitrogens with one attached hydrogen (secondary N) is 2. The van der Waals surface area contributed by atoms with Gasteiger partial charge in [0, 0.05) is 43.5 Å². The standard InChI is InChI=1S/C22H21F2N3O/c1-13-10-14(22(28)25-2)6-7-20(13)27-9-8-18-15(12-27)11-19(26-18)21-16(23)4-3-5-17(21)24/h3-7,10-11,26H,8-9,12H2,1-2H3,(H,25,28). The van der Waals surface area contributed by atoms with E-state index in [9.17, 15) is 13.6 Å². The molecule has 2 aromatic carbocycles. The number of aromatic amines is 1. The zero-order valence-electron chi connectivity index (χ0n) is 15.8. The molecule has 0 bridgehead atoms.